The summed E-state index contributed by atoms with van der Waals surface area (Å²) in [5, 5.41) is 4.70. The number of fused-ring (bicyclic) bond motifs is 1. The highest BCUT2D eigenvalue weighted by Gasteiger charge is 2.22. The quantitative estimate of drug-likeness (QED) is 0.907. The first-order chi connectivity index (χ1) is 10.3. The lowest BCUT2D eigenvalue weighted by molar-refractivity contribution is 0.391. The second-order valence-electron chi connectivity index (χ2n) is 6.13. The number of pyridine rings is 1. The number of hydrogen-bond donors (Lipinski definition) is 1. The predicted molar refractivity (Wildman–Crippen MR) is 86.5 cm³/mol. The first kappa shape index (κ1) is 14.3. The third-order valence-corrected chi connectivity index (χ3v) is 4.71. The third kappa shape index (κ3) is 3.18. The zero-order chi connectivity index (χ0) is 14.7. The lowest BCUT2D eigenvalue weighted by Crippen LogP contribution is -2.24. The van der Waals surface area contributed by atoms with Gasteiger partial charge in [-0.1, -0.05) is 38.0 Å². The molecular weight excluding hydrogens is 260 g/mol. The van der Waals surface area contributed by atoms with Crippen LogP contribution in [-0.4, -0.2) is 18.6 Å². The fourth-order valence-corrected chi connectivity index (χ4v) is 3.33. The Morgan fingerprint density at radius 2 is 2.14 bits per heavy atom. The summed E-state index contributed by atoms with van der Waals surface area (Å²) in [5.74, 6) is 2.54. The molecule has 0 saturated heterocycles. The van der Waals surface area contributed by atoms with Crippen LogP contribution in [0.1, 0.15) is 31.9 Å². The van der Waals surface area contributed by atoms with Crippen LogP contribution in [0.3, 0.4) is 0 Å². The Kier molecular flexibility index (Phi) is 4.39. The van der Waals surface area contributed by atoms with E-state index >= 15 is 0 Å². The molecule has 1 saturated carbocycles. The van der Waals surface area contributed by atoms with Crippen molar-refractivity contribution < 1.29 is 4.74 Å². The number of nitrogens with one attached hydrogen (secondary N) is 1. The normalized spacial score (nSPS) is 21.8. The van der Waals surface area contributed by atoms with Gasteiger partial charge < -0.3 is 10.1 Å². The highest BCUT2D eigenvalue weighted by Crippen LogP contribution is 2.30. The molecule has 0 amide bonds. The maximum absolute atomic E-state index is 5.40. The van der Waals surface area contributed by atoms with Crippen LogP contribution in [0.2, 0.25) is 0 Å². The molecular formula is C18H24N2O. The van der Waals surface area contributed by atoms with E-state index in [9.17, 15) is 0 Å². The van der Waals surface area contributed by atoms with E-state index in [1.54, 1.807) is 7.11 Å². The predicted octanol–water partition coefficient (Wildman–Crippen LogP) is 3.77. The van der Waals surface area contributed by atoms with Crippen molar-refractivity contribution in [3.63, 3.8) is 0 Å². The molecule has 1 aromatic carbocycles. The summed E-state index contributed by atoms with van der Waals surface area (Å²) in [7, 11) is 1.70. The van der Waals surface area contributed by atoms with Gasteiger partial charge in [0, 0.05) is 11.9 Å². The lowest BCUT2D eigenvalue weighted by atomic mass is 9.98. The molecule has 1 heterocycles. The fourth-order valence-electron chi connectivity index (χ4n) is 3.33. The van der Waals surface area contributed by atoms with Gasteiger partial charge >= 0.3 is 0 Å². The van der Waals surface area contributed by atoms with Gasteiger partial charge in [0.25, 0.3) is 0 Å². The average molecular weight is 284 g/mol. The molecule has 21 heavy (non-hydrogen) atoms. The summed E-state index contributed by atoms with van der Waals surface area (Å²) >= 11 is 0. The van der Waals surface area contributed by atoms with Crippen molar-refractivity contribution >= 4 is 10.9 Å². The highest BCUT2D eigenvalue weighted by atomic mass is 16.5. The molecule has 1 fully saturated rings. The van der Waals surface area contributed by atoms with Crippen molar-refractivity contribution in [2.45, 2.75) is 32.7 Å². The second kappa shape index (κ2) is 6.44. The molecule has 112 valence electrons. The van der Waals surface area contributed by atoms with Crippen LogP contribution in [-0.2, 0) is 6.54 Å². The maximum Gasteiger partial charge on any atom is 0.145 e. The van der Waals surface area contributed by atoms with Gasteiger partial charge in [-0.15, -0.1) is 0 Å². The lowest BCUT2D eigenvalue weighted by Gasteiger charge is -2.16. The van der Waals surface area contributed by atoms with E-state index in [1.807, 2.05) is 12.1 Å². The second-order valence-corrected chi connectivity index (χ2v) is 6.13. The van der Waals surface area contributed by atoms with Crippen molar-refractivity contribution in [1.82, 2.24) is 10.3 Å². The van der Waals surface area contributed by atoms with Gasteiger partial charge in [0.2, 0.25) is 0 Å². The Balaban J connectivity index is 1.67. The van der Waals surface area contributed by atoms with Gasteiger partial charge in [-0.05, 0) is 36.9 Å². The van der Waals surface area contributed by atoms with Crippen molar-refractivity contribution in [2.24, 2.45) is 11.8 Å². The van der Waals surface area contributed by atoms with Crippen LogP contribution in [0.15, 0.2) is 30.3 Å². The summed E-state index contributed by atoms with van der Waals surface area (Å²) < 4.78 is 5.40. The molecule has 0 spiro atoms. The molecule has 1 aliphatic rings. The molecule has 3 heteroatoms. The number of hydrogen-bond acceptors (Lipinski definition) is 3. The van der Waals surface area contributed by atoms with Crippen molar-refractivity contribution in [1.29, 1.82) is 0 Å². The molecule has 1 N–H and O–H groups in total. The Bertz CT molecular complexity index is 611. The van der Waals surface area contributed by atoms with E-state index in [0.717, 1.165) is 47.3 Å². The Hall–Kier alpha value is -1.61. The number of ether oxygens (including phenoxy) is 1. The molecule has 3 nitrogen and oxygen atoms in total. The summed E-state index contributed by atoms with van der Waals surface area (Å²) in [6.45, 7) is 4.31. The van der Waals surface area contributed by atoms with Crippen LogP contribution in [0.4, 0.5) is 0 Å². The van der Waals surface area contributed by atoms with Crippen LogP contribution in [0.25, 0.3) is 10.9 Å². The maximum atomic E-state index is 5.40. The van der Waals surface area contributed by atoms with E-state index < -0.39 is 0 Å². The summed E-state index contributed by atoms with van der Waals surface area (Å²) in [5.41, 5.74) is 2.03. The van der Waals surface area contributed by atoms with Crippen LogP contribution >= 0.6 is 0 Å². The molecule has 2 atom stereocenters. The van der Waals surface area contributed by atoms with E-state index in [2.05, 4.69) is 30.4 Å². The number of nitrogens with zero attached hydrogens (tertiary/aromatic N) is 1. The van der Waals surface area contributed by atoms with E-state index in [1.165, 1.54) is 19.3 Å². The third-order valence-electron chi connectivity index (χ3n) is 4.71. The minimum atomic E-state index is 0.831. The molecule has 1 aromatic heterocycles. The smallest absolute Gasteiger partial charge is 0.145 e. The van der Waals surface area contributed by atoms with Crippen molar-refractivity contribution in [3.8, 4) is 5.75 Å². The van der Waals surface area contributed by atoms with Gasteiger partial charge in [-0.3, -0.25) is 0 Å². The van der Waals surface area contributed by atoms with Crippen LogP contribution < -0.4 is 10.1 Å². The number of methoxy groups -OCH3 is 1. The number of rotatable bonds is 5. The molecule has 0 bridgehead atoms. The van der Waals surface area contributed by atoms with E-state index in [0.29, 0.717) is 0 Å². The topological polar surface area (TPSA) is 34.1 Å². The van der Waals surface area contributed by atoms with Crippen LogP contribution in [0, 0.1) is 11.8 Å². The number of para-hydroxylation sites is 1. The summed E-state index contributed by atoms with van der Waals surface area (Å²) in [4.78, 5) is 4.74. The number of aromatic nitrogens is 1. The minimum Gasteiger partial charge on any atom is -0.494 e. The molecule has 2 unspecified atom stereocenters. The molecule has 1 aliphatic carbocycles. The summed E-state index contributed by atoms with van der Waals surface area (Å²) in [6, 6.07) is 10.3. The first-order valence-electron chi connectivity index (χ1n) is 7.91. The van der Waals surface area contributed by atoms with E-state index in [-0.39, 0.29) is 0 Å². The monoisotopic (exact) mass is 284 g/mol. The summed E-state index contributed by atoms with van der Waals surface area (Å²) in [6.07, 6.45) is 4.14. The van der Waals surface area contributed by atoms with E-state index in [4.69, 9.17) is 9.72 Å². The standard InChI is InChI=1S/C18H24N2O/c1-13-5-3-7-15(13)11-19-12-16-10-9-14-6-4-8-17(21-2)18(14)20-16/h4,6,8-10,13,15,19H,3,5,7,11-12H2,1-2H3. The largest absolute Gasteiger partial charge is 0.494 e. The highest BCUT2D eigenvalue weighted by molar-refractivity contribution is 5.84. The zero-order valence-corrected chi connectivity index (χ0v) is 12.9. The van der Waals surface area contributed by atoms with Gasteiger partial charge in [0.1, 0.15) is 11.3 Å². The van der Waals surface area contributed by atoms with Gasteiger partial charge in [-0.2, -0.15) is 0 Å². The Morgan fingerprint density at radius 1 is 1.24 bits per heavy atom. The Labute approximate surface area is 126 Å². The number of benzene rings is 1. The van der Waals surface area contributed by atoms with Crippen LogP contribution in [0.5, 0.6) is 5.75 Å². The van der Waals surface area contributed by atoms with Crippen molar-refractivity contribution in [2.75, 3.05) is 13.7 Å². The molecule has 0 radical (unpaired) electrons. The van der Waals surface area contributed by atoms with Gasteiger partial charge in [-0.25, -0.2) is 4.98 Å². The SMILES string of the molecule is COc1cccc2ccc(CNCC3CCCC3C)nc12. The first-order valence-corrected chi connectivity index (χ1v) is 7.91. The molecule has 2 aromatic rings. The molecule has 3 rings (SSSR count). The minimum absolute atomic E-state index is 0.831. The van der Waals surface area contributed by atoms with Gasteiger partial charge in [0.05, 0.1) is 12.8 Å². The zero-order valence-electron chi connectivity index (χ0n) is 12.9. The van der Waals surface area contributed by atoms with Crippen molar-refractivity contribution in [3.05, 3.63) is 36.0 Å². The molecule has 0 aliphatic heterocycles. The fraction of sp³-hybridized carbons (Fsp3) is 0.500. The van der Waals surface area contributed by atoms with Gasteiger partial charge in [0.15, 0.2) is 0 Å². The Morgan fingerprint density at radius 3 is 2.90 bits per heavy atom. The average Bonchev–Trinajstić information content (AvgIpc) is 2.92.